The van der Waals surface area contributed by atoms with Gasteiger partial charge in [-0.25, -0.2) is 9.78 Å². The molecule has 0 saturated heterocycles. The van der Waals surface area contributed by atoms with E-state index in [4.69, 9.17) is 4.74 Å². The average molecular weight is 417 g/mol. The van der Waals surface area contributed by atoms with Crippen molar-refractivity contribution in [3.63, 3.8) is 0 Å². The summed E-state index contributed by atoms with van der Waals surface area (Å²) in [6.45, 7) is 3.87. The summed E-state index contributed by atoms with van der Waals surface area (Å²) in [5, 5.41) is 5.92. The summed E-state index contributed by atoms with van der Waals surface area (Å²) in [6.07, 6.45) is 0. The van der Waals surface area contributed by atoms with Crippen molar-refractivity contribution in [3.05, 3.63) is 48.0 Å². The molecule has 0 aliphatic carbocycles. The van der Waals surface area contributed by atoms with Gasteiger partial charge >= 0.3 is 12.0 Å². The lowest BCUT2D eigenvalue weighted by Gasteiger charge is -2.07. The Morgan fingerprint density at radius 1 is 1.18 bits per heavy atom. The third kappa shape index (κ3) is 5.61. The minimum Gasteiger partial charge on any atom is -0.465 e. The Bertz CT molecular complexity index is 973. The molecule has 3 aromatic rings. The van der Waals surface area contributed by atoms with Crippen molar-refractivity contribution in [2.45, 2.75) is 18.7 Å². The third-order valence-electron chi connectivity index (χ3n) is 3.62. The molecule has 0 unspecified atom stereocenters. The highest BCUT2D eigenvalue weighted by molar-refractivity contribution is 8.00. The average Bonchev–Trinajstić information content (AvgIpc) is 3.08. The molecule has 9 heteroatoms. The number of ether oxygens (including phenoxy) is 1. The first kappa shape index (κ1) is 20.0. The van der Waals surface area contributed by atoms with Crippen LogP contribution in [0.15, 0.2) is 47.4 Å². The number of nitrogens with zero attached hydrogens (tertiary/aromatic N) is 1. The maximum atomic E-state index is 11.9. The van der Waals surface area contributed by atoms with Crippen molar-refractivity contribution in [2.75, 3.05) is 23.2 Å². The van der Waals surface area contributed by atoms with E-state index in [1.807, 2.05) is 6.07 Å². The van der Waals surface area contributed by atoms with Crippen molar-refractivity contribution < 1.29 is 14.3 Å². The first-order valence-electron chi connectivity index (χ1n) is 8.64. The van der Waals surface area contributed by atoms with Crippen LogP contribution < -0.4 is 15.4 Å². The van der Waals surface area contributed by atoms with Gasteiger partial charge in [-0.3, -0.25) is 4.79 Å². The van der Waals surface area contributed by atoms with Gasteiger partial charge in [0.25, 0.3) is 0 Å². The molecule has 1 heterocycles. The van der Waals surface area contributed by atoms with E-state index in [9.17, 15) is 9.59 Å². The molecule has 0 aliphatic rings. The minimum atomic E-state index is -0.477. The summed E-state index contributed by atoms with van der Waals surface area (Å²) in [5.41, 5.74) is 2.59. The maximum absolute atomic E-state index is 11.9. The second kappa shape index (κ2) is 9.43. The number of esters is 1. The highest BCUT2D eigenvalue weighted by atomic mass is 32.2. The molecule has 0 aliphatic heterocycles. The number of rotatable bonds is 7. The largest absolute Gasteiger partial charge is 0.465 e. The Balaban J connectivity index is 1.58. The summed E-state index contributed by atoms with van der Waals surface area (Å²) in [5.74, 6) is -0.477. The number of thiazole rings is 1. The van der Waals surface area contributed by atoms with E-state index in [0.29, 0.717) is 5.69 Å². The topological polar surface area (TPSA) is 92.3 Å². The van der Waals surface area contributed by atoms with Gasteiger partial charge in [-0.1, -0.05) is 29.0 Å². The second-order valence-electron chi connectivity index (χ2n) is 5.83. The Morgan fingerprint density at radius 3 is 2.71 bits per heavy atom. The number of hydrogen-bond acceptors (Lipinski definition) is 7. The summed E-state index contributed by atoms with van der Waals surface area (Å²) >= 11 is 3.03. The number of carbonyl (C=O) groups excluding carboxylic acids is 2. The molecule has 7 nitrogen and oxygen atoms in total. The summed E-state index contributed by atoms with van der Waals surface area (Å²) < 4.78 is 9.02. The van der Waals surface area contributed by atoms with Crippen LogP contribution in [0.4, 0.5) is 15.6 Å². The molecule has 0 fully saturated rings. The number of hydrogen-bond donors (Lipinski definition) is 3. The van der Waals surface area contributed by atoms with Gasteiger partial charge in [0.1, 0.15) is 6.54 Å². The van der Waals surface area contributed by atoms with Crippen LogP contribution in [0.5, 0.6) is 0 Å². The monoisotopic (exact) mass is 416 g/mol. The first-order chi connectivity index (χ1) is 13.5. The van der Waals surface area contributed by atoms with Crippen molar-refractivity contribution >= 4 is 56.3 Å². The van der Waals surface area contributed by atoms with Gasteiger partial charge in [-0.2, -0.15) is 0 Å². The van der Waals surface area contributed by atoms with E-state index in [1.54, 1.807) is 19.1 Å². The van der Waals surface area contributed by atoms with Crippen molar-refractivity contribution in [1.82, 2.24) is 10.3 Å². The van der Waals surface area contributed by atoms with Gasteiger partial charge in [0.05, 0.1) is 16.8 Å². The van der Waals surface area contributed by atoms with Gasteiger partial charge < -0.3 is 20.1 Å². The summed E-state index contributed by atoms with van der Waals surface area (Å²) in [4.78, 5) is 28.8. The van der Waals surface area contributed by atoms with Crippen LogP contribution in [0.25, 0.3) is 10.2 Å². The van der Waals surface area contributed by atoms with E-state index in [1.165, 1.54) is 28.8 Å². The summed E-state index contributed by atoms with van der Waals surface area (Å²) in [7, 11) is 0. The van der Waals surface area contributed by atoms with Crippen LogP contribution in [0.3, 0.4) is 0 Å². The van der Waals surface area contributed by atoms with E-state index in [-0.39, 0.29) is 13.2 Å². The predicted molar refractivity (Wildman–Crippen MR) is 114 cm³/mol. The standard InChI is InChI=1S/C19H20N4O3S2/c1-3-26-17(24)11-20-18(25)21-13-6-9-16-15(10-13)22-19(27-16)23-28-14-7-4-12(2)5-8-14/h4-10H,3,11H2,1-2H3,(H,22,23)(H2,20,21,25). The third-order valence-corrected chi connectivity index (χ3v) is 5.51. The zero-order valence-electron chi connectivity index (χ0n) is 15.4. The normalized spacial score (nSPS) is 10.5. The number of fused-ring (bicyclic) bond motifs is 1. The molecule has 0 saturated carbocycles. The Labute approximate surface area is 171 Å². The van der Waals surface area contributed by atoms with Gasteiger partial charge in [-0.15, -0.1) is 0 Å². The van der Waals surface area contributed by atoms with Gasteiger partial charge in [0.2, 0.25) is 0 Å². The quantitative estimate of drug-likeness (QED) is 0.390. The number of aryl methyl sites for hydroxylation is 1. The van der Waals surface area contributed by atoms with E-state index in [2.05, 4.69) is 51.5 Å². The number of urea groups is 1. The Morgan fingerprint density at radius 2 is 1.96 bits per heavy atom. The van der Waals surface area contributed by atoms with Gasteiger partial charge in [0, 0.05) is 10.6 Å². The maximum Gasteiger partial charge on any atom is 0.325 e. The van der Waals surface area contributed by atoms with E-state index in [0.717, 1.165) is 20.2 Å². The molecule has 1 aromatic heterocycles. The molecular weight excluding hydrogens is 396 g/mol. The highest BCUT2D eigenvalue weighted by Crippen LogP contribution is 2.31. The van der Waals surface area contributed by atoms with Crippen LogP contribution in [-0.4, -0.2) is 30.1 Å². The lowest BCUT2D eigenvalue weighted by molar-refractivity contribution is -0.141. The van der Waals surface area contributed by atoms with Crippen LogP contribution in [0.1, 0.15) is 12.5 Å². The van der Waals surface area contributed by atoms with Crippen molar-refractivity contribution in [3.8, 4) is 0 Å². The molecule has 0 atom stereocenters. The zero-order valence-corrected chi connectivity index (χ0v) is 17.1. The number of aromatic nitrogens is 1. The molecule has 0 bridgehead atoms. The number of benzene rings is 2. The highest BCUT2D eigenvalue weighted by Gasteiger charge is 2.09. The van der Waals surface area contributed by atoms with Crippen molar-refractivity contribution in [2.24, 2.45) is 0 Å². The molecule has 28 heavy (non-hydrogen) atoms. The smallest absolute Gasteiger partial charge is 0.325 e. The van der Waals surface area contributed by atoms with Crippen LogP contribution in [0, 0.1) is 6.92 Å². The molecule has 2 amide bonds. The van der Waals surface area contributed by atoms with Gasteiger partial charge in [0.15, 0.2) is 5.13 Å². The Kier molecular flexibility index (Phi) is 6.72. The fraction of sp³-hybridized carbons (Fsp3) is 0.211. The second-order valence-corrected chi connectivity index (χ2v) is 7.74. The minimum absolute atomic E-state index is 0.178. The zero-order chi connectivity index (χ0) is 19.9. The SMILES string of the molecule is CCOC(=O)CNC(=O)Nc1ccc2sc(NSc3ccc(C)cc3)nc2c1. The predicted octanol–water partition coefficient (Wildman–Crippen LogP) is 4.41. The Hall–Kier alpha value is -2.78. The summed E-state index contributed by atoms with van der Waals surface area (Å²) in [6, 6.07) is 13.2. The molecule has 3 N–H and O–H groups in total. The van der Waals surface area contributed by atoms with E-state index >= 15 is 0 Å². The lowest BCUT2D eigenvalue weighted by Crippen LogP contribution is -2.34. The van der Waals surface area contributed by atoms with Crippen LogP contribution >= 0.6 is 23.3 Å². The van der Waals surface area contributed by atoms with Crippen LogP contribution in [-0.2, 0) is 9.53 Å². The van der Waals surface area contributed by atoms with Gasteiger partial charge in [-0.05, 0) is 56.1 Å². The molecule has 146 valence electrons. The number of anilines is 2. The van der Waals surface area contributed by atoms with E-state index < -0.39 is 12.0 Å². The number of amides is 2. The fourth-order valence-electron chi connectivity index (χ4n) is 2.30. The number of nitrogens with one attached hydrogen (secondary N) is 3. The molecule has 2 aromatic carbocycles. The number of carbonyl (C=O) groups is 2. The van der Waals surface area contributed by atoms with Crippen LogP contribution in [0.2, 0.25) is 0 Å². The molecular formula is C19H20N4O3S2. The fourth-order valence-corrected chi connectivity index (χ4v) is 3.81. The first-order valence-corrected chi connectivity index (χ1v) is 10.3. The van der Waals surface area contributed by atoms with Crippen molar-refractivity contribution in [1.29, 1.82) is 0 Å². The molecule has 3 rings (SSSR count). The molecule has 0 spiro atoms. The molecule has 0 radical (unpaired) electrons. The lowest BCUT2D eigenvalue weighted by atomic mass is 10.2.